The summed E-state index contributed by atoms with van der Waals surface area (Å²) >= 11 is 0. The Balaban J connectivity index is 1.87. The lowest BCUT2D eigenvalue weighted by Gasteiger charge is -2.34. The number of nitrogens with zero attached hydrogens (tertiary/aromatic N) is 2. The zero-order valence-corrected chi connectivity index (χ0v) is 11.5. The number of hydrogen-bond acceptors (Lipinski definition) is 3. The zero-order valence-electron chi connectivity index (χ0n) is 11.5. The first-order valence-electron chi connectivity index (χ1n) is 6.69. The number of carbonyl (C=O) groups is 3. The maximum absolute atomic E-state index is 12.1. The van der Waals surface area contributed by atoms with Crippen LogP contribution in [-0.4, -0.2) is 53.6 Å². The van der Waals surface area contributed by atoms with Crippen LogP contribution in [0.1, 0.15) is 23.7 Å². The van der Waals surface area contributed by atoms with Crippen molar-refractivity contribution in [2.45, 2.75) is 13.3 Å². The van der Waals surface area contributed by atoms with Gasteiger partial charge in [0.1, 0.15) is 0 Å². The standard InChI is InChI=1S/C15H18N2O3/c1-12(18)16-7-9-17(10-8-16)15(20)11-14(19)13-5-3-2-4-6-13/h2-6H,7-11H2,1H3. The quantitative estimate of drug-likeness (QED) is 0.609. The van der Waals surface area contributed by atoms with Gasteiger partial charge in [0.15, 0.2) is 5.78 Å². The average Bonchev–Trinajstić information content (AvgIpc) is 2.48. The van der Waals surface area contributed by atoms with Gasteiger partial charge >= 0.3 is 0 Å². The molecule has 0 spiro atoms. The Morgan fingerprint density at radius 3 is 2.05 bits per heavy atom. The lowest BCUT2D eigenvalue weighted by atomic mass is 10.1. The van der Waals surface area contributed by atoms with Crippen molar-refractivity contribution in [3.63, 3.8) is 0 Å². The first kappa shape index (κ1) is 14.2. The fourth-order valence-electron chi connectivity index (χ4n) is 2.25. The van der Waals surface area contributed by atoms with Gasteiger partial charge in [-0.25, -0.2) is 0 Å². The molecule has 20 heavy (non-hydrogen) atoms. The van der Waals surface area contributed by atoms with Crippen LogP contribution in [0.3, 0.4) is 0 Å². The molecule has 0 unspecified atom stereocenters. The summed E-state index contributed by atoms with van der Waals surface area (Å²) in [6, 6.07) is 8.82. The van der Waals surface area contributed by atoms with Crippen LogP contribution in [0.5, 0.6) is 0 Å². The lowest BCUT2D eigenvalue weighted by molar-refractivity contribution is -0.137. The third-order valence-electron chi connectivity index (χ3n) is 3.49. The maximum atomic E-state index is 12.1. The van der Waals surface area contributed by atoms with E-state index in [9.17, 15) is 14.4 Å². The van der Waals surface area contributed by atoms with E-state index in [4.69, 9.17) is 0 Å². The van der Waals surface area contributed by atoms with Crippen LogP contribution in [0.4, 0.5) is 0 Å². The molecule has 0 N–H and O–H groups in total. The third-order valence-corrected chi connectivity index (χ3v) is 3.49. The summed E-state index contributed by atoms with van der Waals surface area (Å²) in [5, 5.41) is 0. The monoisotopic (exact) mass is 274 g/mol. The topological polar surface area (TPSA) is 57.7 Å². The fraction of sp³-hybridized carbons (Fsp3) is 0.400. The lowest BCUT2D eigenvalue weighted by Crippen LogP contribution is -2.50. The average molecular weight is 274 g/mol. The molecule has 1 heterocycles. The molecule has 1 aliphatic heterocycles. The number of rotatable bonds is 3. The highest BCUT2D eigenvalue weighted by Crippen LogP contribution is 2.08. The summed E-state index contributed by atoms with van der Waals surface area (Å²) in [4.78, 5) is 38.6. The Morgan fingerprint density at radius 2 is 1.50 bits per heavy atom. The molecule has 0 saturated carbocycles. The molecule has 1 aromatic rings. The minimum absolute atomic E-state index is 0.0254. The van der Waals surface area contributed by atoms with E-state index in [1.54, 1.807) is 34.1 Å². The van der Waals surface area contributed by atoms with E-state index in [1.807, 2.05) is 6.07 Å². The van der Waals surface area contributed by atoms with E-state index >= 15 is 0 Å². The summed E-state index contributed by atoms with van der Waals surface area (Å²) in [7, 11) is 0. The first-order valence-corrected chi connectivity index (χ1v) is 6.69. The highest BCUT2D eigenvalue weighted by atomic mass is 16.2. The molecule has 2 amide bonds. The number of ketones is 1. The Kier molecular flexibility index (Phi) is 4.50. The van der Waals surface area contributed by atoms with Gasteiger partial charge in [0.05, 0.1) is 6.42 Å². The van der Waals surface area contributed by atoms with Crippen LogP contribution < -0.4 is 0 Å². The first-order chi connectivity index (χ1) is 9.58. The number of benzene rings is 1. The molecule has 1 aromatic carbocycles. The van der Waals surface area contributed by atoms with Gasteiger partial charge in [-0.15, -0.1) is 0 Å². The van der Waals surface area contributed by atoms with Crippen LogP contribution in [0.25, 0.3) is 0 Å². The van der Waals surface area contributed by atoms with Crippen LogP contribution in [0, 0.1) is 0 Å². The highest BCUT2D eigenvalue weighted by Gasteiger charge is 2.23. The van der Waals surface area contributed by atoms with Gasteiger partial charge in [0, 0.05) is 38.7 Å². The molecule has 2 rings (SSSR count). The van der Waals surface area contributed by atoms with Gasteiger partial charge in [0.2, 0.25) is 11.8 Å². The zero-order chi connectivity index (χ0) is 14.5. The largest absolute Gasteiger partial charge is 0.339 e. The number of Topliss-reactive ketones (excluding diaryl/α,β-unsaturated/α-hetero) is 1. The van der Waals surface area contributed by atoms with Crippen molar-refractivity contribution in [1.29, 1.82) is 0 Å². The molecule has 0 aliphatic carbocycles. The Hall–Kier alpha value is -2.17. The number of piperazine rings is 1. The highest BCUT2D eigenvalue weighted by molar-refractivity contribution is 6.07. The van der Waals surface area contributed by atoms with E-state index in [1.165, 1.54) is 6.92 Å². The smallest absolute Gasteiger partial charge is 0.230 e. The summed E-state index contributed by atoms with van der Waals surface area (Å²) < 4.78 is 0. The van der Waals surface area contributed by atoms with Gasteiger partial charge in [-0.05, 0) is 0 Å². The predicted molar refractivity (Wildman–Crippen MR) is 74.2 cm³/mol. The van der Waals surface area contributed by atoms with E-state index < -0.39 is 0 Å². The van der Waals surface area contributed by atoms with E-state index in [0.29, 0.717) is 31.7 Å². The van der Waals surface area contributed by atoms with E-state index in [0.717, 1.165) is 0 Å². The number of amides is 2. The van der Waals surface area contributed by atoms with Crippen molar-refractivity contribution in [2.24, 2.45) is 0 Å². The molecule has 106 valence electrons. The minimum atomic E-state index is -0.165. The van der Waals surface area contributed by atoms with Crippen LogP contribution in [-0.2, 0) is 9.59 Å². The minimum Gasteiger partial charge on any atom is -0.339 e. The number of carbonyl (C=O) groups excluding carboxylic acids is 3. The van der Waals surface area contributed by atoms with E-state index in [-0.39, 0.29) is 24.0 Å². The predicted octanol–water partition coefficient (Wildman–Crippen LogP) is 0.950. The van der Waals surface area contributed by atoms with Gasteiger partial charge in [0.25, 0.3) is 0 Å². The molecular weight excluding hydrogens is 256 g/mol. The summed E-state index contributed by atoms with van der Waals surface area (Å²) in [5.41, 5.74) is 0.559. The van der Waals surface area contributed by atoms with Crippen molar-refractivity contribution in [1.82, 2.24) is 9.80 Å². The summed E-state index contributed by atoms with van der Waals surface area (Å²) in [5.74, 6) is -0.302. The van der Waals surface area contributed by atoms with Crippen LogP contribution in [0.15, 0.2) is 30.3 Å². The normalized spacial score (nSPS) is 15.1. The van der Waals surface area contributed by atoms with Crippen LogP contribution >= 0.6 is 0 Å². The van der Waals surface area contributed by atoms with E-state index in [2.05, 4.69) is 0 Å². The molecule has 0 atom stereocenters. The Bertz CT molecular complexity index is 505. The maximum Gasteiger partial charge on any atom is 0.230 e. The Labute approximate surface area is 118 Å². The van der Waals surface area contributed by atoms with Gasteiger partial charge < -0.3 is 9.80 Å². The molecule has 1 fully saturated rings. The van der Waals surface area contributed by atoms with Gasteiger partial charge in [-0.2, -0.15) is 0 Å². The molecule has 0 radical (unpaired) electrons. The molecular formula is C15H18N2O3. The second-order valence-electron chi connectivity index (χ2n) is 4.85. The van der Waals surface area contributed by atoms with Crippen LogP contribution in [0.2, 0.25) is 0 Å². The van der Waals surface area contributed by atoms with Crippen molar-refractivity contribution in [2.75, 3.05) is 26.2 Å². The molecule has 5 nitrogen and oxygen atoms in total. The molecule has 5 heteroatoms. The third kappa shape index (κ3) is 3.44. The fourth-order valence-corrected chi connectivity index (χ4v) is 2.25. The Morgan fingerprint density at radius 1 is 0.950 bits per heavy atom. The van der Waals surface area contributed by atoms with Crippen molar-refractivity contribution >= 4 is 17.6 Å². The second-order valence-corrected chi connectivity index (χ2v) is 4.85. The summed E-state index contributed by atoms with van der Waals surface area (Å²) in [6.45, 7) is 3.61. The molecule has 1 saturated heterocycles. The second kappa shape index (κ2) is 6.32. The molecule has 1 aliphatic rings. The van der Waals surface area contributed by atoms with Gasteiger partial charge in [-0.3, -0.25) is 14.4 Å². The molecule has 0 aromatic heterocycles. The number of hydrogen-bond donors (Lipinski definition) is 0. The van der Waals surface area contributed by atoms with Crippen molar-refractivity contribution in [3.05, 3.63) is 35.9 Å². The van der Waals surface area contributed by atoms with Crippen molar-refractivity contribution in [3.8, 4) is 0 Å². The summed E-state index contributed by atoms with van der Waals surface area (Å²) in [6.07, 6.45) is -0.107. The van der Waals surface area contributed by atoms with Crippen molar-refractivity contribution < 1.29 is 14.4 Å². The SMILES string of the molecule is CC(=O)N1CCN(C(=O)CC(=O)c2ccccc2)CC1. The molecule has 0 bridgehead atoms. The van der Waals surface area contributed by atoms with Gasteiger partial charge in [-0.1, -0.05) is 30.3 Å².